The molecule has 2 aliphatic carbocycles. The second-order valence-corrected chi connectivity index (χ2v) is 9.47. The molecule has 0 spiro atoms. The molecule has 0 radical (unpaired) electrons. The van der Waals surface area contributed by atoms with Gasteiger partial charge in [0.25, 0.3) is 0 Å². The molecule has 2 aromatic rings. The van der Waals surface area contributed by atoms with Crippen LogP contribution < -0.4 is 0 Å². The average molecular weight is 415 g/mol. The number of benzene rings is 2. The van der Waals surface area contributed by atoms with E-state index in [2.05, 4.69) is 6.92 Å². The van der Waals surface area contributed by atoms with Crippen molar-refractivity contribution in [3.63, 3.8) is 0 Å². The molecule has 0 bridgehead atoms. The lowest BCUT2D eigenvalue weighted by Gasteiger charge is -2.37. The van der Waals surface area contributed by atoms with Crippen molar-refractivity contribution in [1.82, 2.24) is 0 Å². The second kappa shape index (κ2) is 9.58. The molecular formula is C27H33F3. The van der Waals surface area contributed by atoms with Gasteiger partial charge in [-0.3, -0.25) is 0 Å². The average Bonchev–Trinajstić information content (AvgIpc) is 2.76. The van der Waals surface area contributed by atoms with Gasteiger partial charge in [-0.1, -0.05) is 63.6 Å². The molecule has 0 saturated heterocycles. The zero-order valence-electron chi connectivity index (χ0n) is 18.0. The molecule has 3 heteroatoms. The van der Waals surface area contributed by atoms with E-state index >= 15 is 4.39 Å². The van der Waals surface area contributed by atoms with E-state index in [-0.39, 0.29) is 5.82 Å². The van der Waals surface area contributed by atoms with Gasteiger partial charge in [0.2, 0.25) is 0 Å². The predicted octanol–water partition coefficient (Wildman–Crippen LogP) is 8.26. The first-order chi connectivity index (χ1) is 14.6. The van der Waals surface area contributed by atoms with E-state index in [1.54, 1.807) is 6.07 Å². The second-order valence-electron chi connectivity index (χ2n) is 9.47. The Hall–Kier alpha value is -1.77. The number of halogens is 3. The monoisotopic (exact) mass is 414 g/mol. The highest BCUT2D eigenvalue weighted by Gasteiger charge is 2.31. The first-order valence-corrected chi connectivity index (χ1v) is 11.8. The molecule has 0 heterocycles. The first kappa shape index (κ1) is 21.5. The van der Waals surface area contributed by atoms with Crippen molar-refractivity contribution < 1.29 is 13.2 Å². The summed E-state index contributed by atoms with van der Waals surface area (Å²) in [5, 5.41) is 0. The van der Waals surface area contributed by atoms with Gasteiger partial charge in [-0.25, -0.2) is 13.2 Å². The minimum atomic E-state index is -0.935. The van der Waals surface area contributed by atoms with Crippen LogP contribution in [0.2, 0.25) is 0 Å². The molecule has 1 saturated carbocycles. The van der Waals surface area contributed by atoms with Crippen LogP contribution in [0.15, 0.2) is 30.3 Å². The highest BCUT2D eigenvalue weighted by atomic mass is 19.2. The van der Waals surface area contributed by atoms with E-state index in [4.69, 9.17) is 0 Å². The van der Waals surface area contributed by atoms with E-state index in [9.17, 15) is 8.78 Å². The van der Waals surface area contributed by atoms with Crippen molar-refractivity contribution in [2.24, 2.45) is 17.8 Å². The molecule has 0 nitrogen and oxygen atoms in total. The third-order valence-electron chi connectivity index (χ3n) is 7.59. The van der Waals surface area contributed by atoms with E-state index in [1.165, 1.54) is 57.4 Å². The third kappa shape index (κ3) is 4.60. The predicted molar refractivity (Wildman–Crippen MR) is 117 cm³/mol. The molecular weight excluding hydrogens is 381 g/mol. The highest BCUT2D eigenvalue weighted by Crippen LogP contribution is 2.42. The van der Waals surface area contributed by atoms with Crippen molar-refractivity contribution in [2.75, 3.05) is 0 Å². The van der Waals surface area contributed by atoms with Gasteiger partial charge >= 0.3 is 0 Å². The minimum Gasteiger partial charge on any atom is -0.206 e. The van der Waals surface area contributed by atoms with Crippen molar-refractivity contribution in [2.45, 2.75) is 77.6 Å². The molecule has 4 rings (SSSR count). The summed E-state index contributed by atoms with van der Waals surface area (Å²) < 4.78 is 42.1. The van der Waals surface area contributed by atoms with Gasteiger partial charge in [-0.2, -0.15) is 0 Å². The fourth-order valence-electron chi connectivity index (χ4n) is 5.76. The van der Waals surface area contributed by atoms with Crippen molar-refractivity contribution in [3.8, 4) is 11.1 Å². The van der Waals surface area contributed by atoms with Crippen LogP contribution in [0.25, 0.3) is 11.1 Å². The van der Waals surface area contributed by atoms with Crippen molar-refractivity contribution >= 4 is 0 Å². The summed E-state index contributed by atoms with van der Waals surface area (Å²) >= 11 is 0. The quantitative estimate of drug-likeness (QED) is 0.417. The Morgan fingerprint density at radius 2 is 1.63 bits per heavy atom. The van der Waals surface area contributed by atoms with Crippen LogP contribution in [0, 0.1) is 35.2 Å². The van der Waals surface area contributed by atoms with Crippen LogP contribution in [0.5, 0.6) is 0 Å². The standard InChI is InChI=1S/C27H33F3/c1-2-3-4-5-18-6-8-19(9-7-18)20-10-13-23-21(16-20)11-14-24(27(23)30)22-12-15-25(28)26(29)17-22/h11-12,14-15,17-20H,2-10,13,16H2,1H3. The number of fused-ring (bicyclic) bond motifs is 1. The van der Waals surface area contributed by atoms with Crippen LogP contribution in [0.3, 0.4) is 0 Å². The molecule has 30 heavy (non-hydrogen) atoms. The lowest BCUT2D eigenvalue weighted by molar-refractivity contribution is 0.182. The van der Waals surface area contributed by atoms with Crippen LogP contribution in [-0.4, -0.2) is 0 Å². The SMILES string of the molecule is CCCCCC1CCC(C2CCc3c(ccc(-c4ccc(F)c(F)c4)c3F)C2)CC1. The Kier molecular flexibility index (Phi) is 6.85. The summed E-state index contributed by atoms with van der Waals surface area (Å²) in [5.41, 5.74) is 2.67. The van der Waals surface area contributed by atoms with Gasteiger partial charge in [0.05, 0.1) is 0 Å². The third-order valence-corrected chi connectivity index (χ3v) is 7.59. The molecule has 0 N–H and O–H groups in total. The van der Waals surface area contributed by atoms with Crippen LogP contribution in [-0.2, 0) is 12.8 Å². The lowest BCUT2D eigenvalue weighted by Crippen LogP contribution is -2.27. The molecule has 0 amide bonds. The molecule has 0 aromatic heterocycles. The number of hydrogen-bond donors (Lipinski definition) is 0. The Labute approximate surface area is 178 Å². The zero-order chi connectivity index (χ0) is 21.1. The van der Waals surface area contributed by atoms with Gasteiger partial charge in [0.15, 0.2) is 11.6 Å². The maximum Gasteiger partial charge on any atom is 0.159 e. The number of rotatable bonds is 6. The van der Waals surface area contributed by atoms with Gasteiger partial charge in [-0.15, -0.1) is 0 Å². The van der Waals surface area contributed by atoms with Gasteiger partial charge in [0.1, 0.15) is 5.82 Å². The Balaban J connectivity index is 1.41. The smallest absolute Gasteiger partial charge is 0.159 e. The van der Waals surface area contributed by atoms with E-state index in [0.717, 1.165) is 54.4 Å². The van der Waals surface area contributed by atoms with E-state index < -0.39 is 11.6 Å². The largest absolute Gasteiger partial charge is 0.206 e. The van der Waals surface area contributed by atoms with Gasteiger partial charge < -0.3 is 0 Å². The fourth-order valence-corrected chi connectivity index (χ4v) is 5.76. The summed E-state index contributed by atoms with van der Waals surface area (Å²) in [6.07, 6.45) is 13.5. The topological polar surface area (TPSA) is 0 Å². The molecule has 1 unspecified atom stereocenters. The molecule has 0 aliphatic heterocycles. The van der Waals surface area contributed by atoms with E-state index in [1.807, 2.05) is 6.07 Å². The summed E-state index contributed by atoms with van der Waals surface area (Å²) in [5.74, 6) is 0.253. The Morgan fingerprint density at radius 1 is 0.833 bits per heavy atom. The van der Waals surface area contributed by atoms with Crippen LogP contribution in [0.1, 0.15) is 75.8 Å². The van der Waals surface area contributed by atoms with E-state index in [0.29, 0.717) is 17.0 Å². The number of unbranched alkanes of at least 4 members (excludes halogenated alkanes) is 2. The van der Waals surface area contributed by atoms with Crippen molar-refractivity contribution in [1.29, 1.82) is 0 Å². The molecule has 1 fully saturated rings. The Bertz CT molecular complexity index is 865. The Morgan fingerprint density at radius 3 is 2.37 bits per heavy atom. The molecule has 2 aliphatic rings. The molecule has 1 atom stereocenters. The van der Waals surface area contributed by atoms with Gasteiger partial charge in [0, 0.05) is 5.56 Å². The van der Waals surface area contributed by atoms with Crippen LogP contribution in [0.4, 0.5) is 13.2 Å². The highest BCUT2D eigenvalue weighted by molar-refractivity contribution is 5.66. The first-order valence-electron chi connectivity index (χ1n) is 11.8. The van der Waals surface area contributed by atoms with Gasteiger partial charge in [-0.05, 0) is 78.7 Å². The lowest BCUT2D eigenvalue weighted by atomic mass is 9.69. The summed E-state index contributed by atoms with van der Waals surface area (Å²) in [7, 11) is 0. The molecule has 162 valence electrons. The fraction of sp³-hybridized carbons (Fsp3) is 0.556. The van der Waals surface area contributed by atoms with Crippen LogP contribution >= 0.6 is 0 Å². The summed E-state index contributed by atoms with van der Waals surface area (Å²) in [4.78, 5) is 0. The minimum absolute atomic E-state index is 0.253. The summed E-state index contributed by atoms with van der Waals surface area (Å²) in [6.45, 7) is 2.27. The normalized spacial score (nSPS) is 23.9. The molecule has 2 aromatic carbocycles. The maximum absolute atomic E-state index is 15.2. The zero-order valence-corrected chi connectivity index (χ0v) is 18.0. The number of hydrogen-bond acceptors (Lipinski definition) is 0. The summed E-state index contributed by atoms with van der Waals surface area (Å²) in [6, 6.07) is 7.36. The van der Waals surface area contributed by atoms with Crippen molar-refractivity contribution in [3.05, 3.63) is 58.9 Å². The maximum atomic E-state index is 15.2.